The van der Waals surface area contributed by atoms with Gasteiger partial charge in [-0.25, -0.2) is 0 Å². The van der Waals surface area contributed by atoms with Gasteiger partial charge in [-0.15, -0.1) is 0 Å². The van der Waals surface area contributed by atoms with Crippen LogP contribution in [0.3, 0.4) is 0 Å². The summed E-state index contributed by atoms with van der Waals surface area (Å²) in [5, 5.41) is 78.1. The first-order valence-corrected chi connectivity index (χ1v) is 11.6. The summed E-state index contributed by atoms with van der Waals surface area (Å²) in [5.41, 5.74) is 1.30. The van der Waals surface area contributed by atoms with Crippen LogP contribution in [0.1, 0.15) is 30.4 Å². The van der Waals surface area contributed by atoms with Crippen LogP contribution in [-0.2, 0) is 27.1 Å². The van der Waals surface area contributed by atoms with Gasteiger partial charge in [0, 0.05) is 12.8 Å². The molecule has 0 saturated carbocycles. The van der Waals surface area contributed by atoms with Crippen molar-refractivity contribution in [3.8, 4) is 23.0 Å². The summed E-state index contributed by atoms with van der Waals surface area (Å²) in [6.45, 7) is -0.624. The van der Waals surface area contributed by atoms with Crippen LogP contribution in [0.15, 0.2) is 36.4 Å². The molecule has 1 aliphatic heterocycles. The lowest BCUT2D eigenvalue weighted by molar-refractivity contribution is -0.311. The third-order valence-electron chi connectivity index (χ3n) is 6.16. The molecule has 11 heteroatoms. The second kappa shape index (κ2) is 12.3. The number of ketones is 1. The molecule has 8 N–H and O–H groups in total. The van der Waals surface area contributed by atoms with Crippen molar-refractivity contribution in [1.82, 2.24) is 0 Å². The molecule has 0 radical (unpaired) electrons. The van der Waals surface area contributed by atoms with Crippen molar-refractivity contribution in [2.45, 2.75) is 68.9 Å². The zero-order valence-corrected chi connectivity index (χ0v) is 19.5. The smallest absolute Gasteiger partial charge is 0.186 e. The predicted molar refractivity (Wildman–Crippen MR) is 124 cm³/mol. The van der Waals surface area contributed by atoms with Gasteiger partial charge in [0.15, 0.2) is 29.3 Å². The highest BCUT2D eigenvalue weighted by Gasteiger charge is 2.44. The third kappa shape index (κ3) is 7.06. The van der Waals surface area contributed by atoms with Crippen molar-refractivity contribution in [3.63, 3.8) is 0 Å². The molecule has 0 unspecified atom stereocenters. The number of carbonyl (C=O) groups is 1. The number of hydrogen-bond donors (Lipinski definition) is 8. The van der Waals surface area contributed by atoms with Gasteiger partial charge in [0.2, 0.25) is 0 Å². The molecule has 3 rings (SSSR count). The SMILES string of the molecule is O=C(CCc1ccc(O)c(O)c1)C[C@H](CCc1ccc(O)c(O)c1)O[C@H]1O[C@@H](CO)[C@H](O)[C@H](O)[C@@H]1O. The van der Waals surface area contributed by atoms with Crippen LogP contribution >= 0.6 is 0 Å². The highest BCUT2D eigenvalue weighted by atomic mass is 16.7. The molecule has 1 aliphatic rings. The maximum Gasteiger partial charge on any atom is 0.186 e. The van der Waals surface area contributed by atoms with E-state index in [1.54, 1.807) is 12.1 Å². The minimum Gasteiger partial charge on any atom is -0.504 e. The molecular weight excluding hydrogens is 476 g/mol. The maximum absolute atomic E-state index is 12.8. The van der Waals surface area contributed by atoms with Crippen molar-refractivity contribution in [2.24, 2.45) is 0 Å². The Hall–Kier alpha value is -2.93. The molecule has 6 atom stereocenters. The zero-order valence-electron chi connectivity index (χ0n) is 19.5. The van der Waals surface area contributed by atoms with E-state index in [1.807, 2.05) is 0 Å². The van der Waals surface area contributed by atoms with Gasteiger partial charge >= 0.3 is 0 Å². The van der Waals surface area contributed by atoms with Crippen molar-refractivity contribution in [2.75, 3.05) is 6.61 Å². The molecule has 36 heavy (non-hydrogen) atoms. The number of aliphatic hydroxyl groups is 4. The van der Waals surface area contributed by atoms with Gasteiger partial charge in [-0.1, -0.05) is 12.1 Å². The summed E-state index contributed by atoms with van der Waals surface area (Å²) in [7, 11) is 0. The quantitative estimate of drug-likeness (QED) is 0.193. The van der Waals surface area contributed by atoms with Gasteiger partial charge < -0.3 is 50.3 Å². The molecule has 1 heterocycles. The van der Waals surface area contributed by atoms with Crippen LogP contribution in [-0.4, -0.2) is 90.1 Å². The Morgan fingerprint density at radius 1 is 0.833 bits per heavy atom. The summed E-state index contributed by atoms with van der Waals surface area (Å²) in [4.78, 5) is 12.8. The molecular formula is C25H32O11. The summed E-state index contributed by atoms with van der Waals surface area (Å²) < 4.78 is 11.2. The zero-order chi connectivity index (χ0) is 26.4. The molecule has 2 aromatic carbocycles. The van der Waals surface area contributed by atoms with Gasteiger partial charge in [-0.3, -0.25) is 4.79 Å². The van der Waals surface area contributed by atoms with Crippen LogP contribution in [0, 0.1) is 0 Å². The maximum atomic E-state index is 12.8. The summed E-state index contributed by atoms with van der Waals surface area (Å²) in [5.74, 6) is -1.33. The van der Waals surface area contributed by atoms with Crippen LogP contribution in [0.25, 0.3) is 0 Å². The topological polar surface area (TPSA) is 197 Å². The minimum absolute atomic E-state index is 0.0941. The average Bonchev–Trinajstić information content (AvgIpc) is 2.85. The number of carbonyl (C=O) groups excluding carboxylic acids is 1. The van der Waals surface area contributed by atoms with Crippen LogP contribution < -0.4 is 0 Å². The average molecular weight is 509 g/mol. The normalized spacial score (nSPS) is 24.9. The number of phenolic OH excluding ortho intramolecular Hbond substituents is 4. The largest absolute Gasteiger partial charge is 0.504 e. The summed E-state index contributed by atoms with van der Waals surface area (Å²) in [6.07, 6.45) is -7.32. The summed E-state index contributed by atoms with van der Waals surface area (Å²) >= 11 is 0. The molecule has 0 amide bonds. The fraction of sp³-hybridized carbons (Fsp3) is 0.480. The molecule has 198 valence electrons. The number of benzene rings is 2. The van der Waals surface area contributed by atoms with E-state index in [1.165, 1.54) is 24.3 Å². The van der Waals surface area contributed by atoms with E-state index in [2.05, 4.69) is 0 Å². The van der Waals surface area contributed by atoms with Gasteiger partial charge in [0.25, 0.3) is 0 Å². The Bertz CT molecular complexity index is 1030. The third-order valence-corrected chi connectivity index (χ3v) is 6.16. The van der Waals surface area contributed by atoms with Crippen LogP contribution in [0.4, 0.5) is 0 Å². The Kier molecular flexibility index (Phi) is 9.49. The lowest BCUT2D eigenvalue weighted by Crippen LogP contribution is -2.59. The Balaban J connectivity index is 1.68. The van der Waals surface area contributed by atoms with Crippen LogP contribution in [0.2, 0.25) is 0 Å². The van der Waals surface area contributed by atoms with E-state index >= 15 is 0 Å². The summed E-state index contributed by atoms with van der Waals surface area (Å²) in [6, 6.07) is 8.57. The monoisotopic (exact) mass is 508 g/mol. The standard InChI is InChI=1S/C25H32O11/c26-12-21-22(32)23(33)24(34)25(36-21)35-16(6-2-14-4-8-18(29)20(31)10-14)11-15(27)5-1-13-3-7-17(28)19(30)9-13/h3-4,7-10,16,21-26,28-34H,1-2,5-6,11-12H2/t16-,21-,22-,23-,24-,25-/m0/s1. The molecule has 0 aliphatic carbocycles. The van der Waals surface area contributed by atoms with Crippen molar-refractivity contribution < 1.29 is 55.1 Å². The fourth-order valence-electron chi connectivity index (χ4n) is 4.00. The van der Waals surface area contributed by atoms with E-state index in [-0.39, 0.29) is 48.0 Å². The minimum atomic E-state index is -1.63. The van der Waals surface area contributed by atoms with E-state index in [9.17, 15) is 45.6 Å². The Morgan fingerprint density at radius 3 is 1.97 bits per heavy atom. The number of aryl methyl sites for hydroxylation is 2. The molecule has 0 bridgehead atoms. The fourth-order valence-corrected chi connectivity index (χ4v) is 4.00. The van der Waals surface area contributed by atoms with Gasteiger partial charge in [0.1, 0.15) is 30.2 Å². The molecule has 11 nitrogen and oxygen atoms in total. The molecule has 1 saturated heterocycles. The first kappa shape index (κ1) is 27.7. The van der Waals surface area contributed by atoms with E-state index in [4.69, 9.17) is 9.47 Å². The number of ether oxygens (including phenoxy) is 2. The van der Waals surface area contributed by atoms with Crippen molar-refractivity contribution >= 4 is 5.78 Å². The Morgan fingerprint density at radius 2 is 1.42 bits per heavy atom. The molecule has 0 spiro atoms. The van der Waals surface area contributed by atoms with Gasteiger partial charge in [0.05, 0.1) is 12.7 Å². The molecule has 0 aromatic heterocycles. The van der Waals surface area contributed by atoms with Crippen LogP contribution in [0.5, 0.6) is 23.0 Å². The molecule has 1 fully saturated rings. The van der Waals surface area contributed by atoms with Gasteiger partial charge in [-0.05, 0) is 54.7 Å². The number of phenols is 4. The second-order valence-corrected chi connectivity index (χ2v) is 8.88. The lowest BCUT2D eigenvalue weighted by Gasteiger charge is -2.40. The number of rotatable bonds is 11. The van der Waals surface area contributed by atoms with Crippen molar-refractivity contribution in [3.05, 3.63) is 47.5 Å². The van der Waals surface area contributed by atoms with Crippen molar-refractivity contribution in [1.29, 1.82) is 0 Å². The van der Waals surface area contributed by atoms with E-state index < -0.39 is 43.4 Å². The first-order chi connectivity index (χ1) is 17.1. The highest BCUT2D eigenvalue weighted by Crippen LogP contribution is 2.29. The number of hydrogen-bond acceptors (Lipinski definition) is 11. The number of aliphatic hydroxyl groups excluding tert-OH is 4. The lowest BCUT2D eigenvalue weighted by atomic mass is 9.98. The van der Waals surface area contributed by atoms with Gasteiger partial charge in [-0.2, -0.15) is 0 Å². The first-order valence-electron chi connectivity index (χ1n) is 11.6. The van der Waals surface area contributed by atoms with E-state index in [0.29, 0.717) is 24.0 Å². The Labute approximate surface area is 207 Å². The molecule has 2 aromatic rings. The number of aromatic hydroxyl groups is 4. The predicted octanol–water partition coefficient (Wildman–Crippen LogP) is 0.219. The van der Waals surface area contributed by atoms with E-state index in [0.717, 1.165) is 0 Å². The highest BCUT2D eigenvalue weighted by molar-refractivity contribution is 5.79. The second-order valence-electron chi connectivity index (χ2n) is 8.88. The number of Topliss-reactive ketones (excluding diaryl/α,β-unsaturated/α-hetero) is 1.